The molecule has 2 aromatic rings. The zero-order valence-electron chi connectivity index (χ0n) is 21.2. The van der Waals surface area contributed by atoms with Crippen LogP contribution in [0.25, 0.3) is 0 Å². The Morgan fingerprint density at radius 1 is 1.19 bits per heavy atom. The molecule has 0 spiro atoms. The molecule has 0 saturated carbocycles. The summed E-state index contributed by atoms with van der Waals surface area (Å²) in [5, 5.41) is 2.84. The molecular weight excluding hydrogens is 466 g/mol. The van der Waals surface area contributed by atoms with Crippen molar-refractivity contribution in [2.75, 3.05) is 0 Å². The molecule has 0 bridgehead atoms. The highest BCUT2D eigenvalue weighted by Crippen LogP contribution is 2.45. The van der Waals surface area contributed by atoms with E-state index in [9.17, 15) is 13.6 Å². The molecule has 0 saturated heterocycles. The predicted molar refractivity (Wildman–Crippen MR) is 135 cm³/mol. The van der Waals surface area contributed by atoms with Crippen LogP contribution in [-0.4, -0.2) is 34.0 Å². The molecule has 10 heteroatoms. The summed E-state index contributed by atoms with van der Waals surface area (Å²) in [5.41, 5.74) is 9.46. The van der Waals surface area contributed by atoms with Crippen molar-refractivity contribution in [2.24, 2.45) is 15.7 Å². The van der Waals surface area contributed by atoms with E-state index in [2.05, 4.69) is 15.3 Å². The van der Waals surface area contributed by atoms with Crippen LogP contribution in [0.1, 0.15) is 59.9 Å². The van der Waals surface area contributed by atoms with Crippen molar-refractivity contribution in [1.82, 2.24) is 15.3 Å². The van der Waals surface area contributed by atoms with E-state index in [0.717, 1.165) is 5.57 Å². The van der Waals surface area contributed by atoms with Crippen molar-refractivity contribution in [3.8, 4) is 5.75 Å². The largest absolute Gasteiger partial charge is 0.434 e. The number of amidine groups is 1. The van der Waals surface area contributed by atoms with Gasteiger partial charge in [0.25, 0.3) is 5.91 Å². The molecule has 2 heterocycles. The molecule has 1 aromatic carbocycles. The van der Waals surface area contributed by atoms with E-state index in [0.29, 0.717) is 40.1 Å². The first kappa shape index (κ1) is 26.7. The Morgan fingerprint density at radius 2 is 1.92 bits per heavy atom. The van der Waals surface area contributed by atoms with E-state index >= 15 is 0 Å². The van der Waals surface area contributed by atoms with E-state index in [1.807, 2.05) is 13.8 Å². The number of aliphatic imine (C=N–C) groups is 2. The Kier molecular flexibility index (Phi) is 7.96. The van der Waals surface area contributed by atoms with Crippen molar-refractivity contribution in [1.29, 1.82) is 0 Å². The minimum Gasteiger partial charge on any atom is -0.434 e. The molecule has 1 aliphatic heterocycles. The summed E-state index contributed by atoms with van der Waals surface area (Å²) >= 11 is 0. The molecule has 36 heavy (non-hydrogen) atoms. The topological polar surface area (TPSA) is 115 Å². The summed E-state index contributed by atoms with van der Waals surface area (Å²) in [4.78, 5) is 30.3. The van der Waals surface area contributed by atoms with Gasteiger partial charge in [-0.2, -0.15) is 8.78 Å². The summed E-state index contributed by atoms with van der Waals surface area (Å²) in [6, 6.07) is 1.76. The van der Waals surface area contributed by atoms with Crippen molar-refractivity contribution in [3.63, 3.8) is 0 Å². The molecule has 8 nitrogen and oxygen atoms in total. The zero-order chi connectivity index (χ0) is 26.6. The smallest absolute Gasteiger partial charge is 0.387 e. The first-order valence-corrected chi connectivity index (χ1v) is 11.5. The highest BCUT2D eigenvalue weighted by molar-refractivity contribution is 6.41. The van der Waals surface area contributed by atoms with Crippen LogP contribution in [-0.2, 0) is 5.66 Å². The van der Waals surface area contributed by atoms with Gasteiger partial charge in [0.05, 0.1) is 11.9 Å². The van der Waals surface area contributed by atoms with Gasteiger partial charge in [-0.1, -0.05) is 13.0 Å². The lowest BCUT2D eigenvalue weighted by atomic mass is 9.84. The second-order valence-corrected chi connectivity index (χ2v) is 8.38. The van der Waals surface area contributed by atoms with Crippen molar-refractivity contribution < 1.29 is 18.3 Å². The Bertz CT molecular complexity index is 1270. The van der Waals surface area contributed by atoms with Gasteiger partial charge in [-0.05, 0) is 75.4 Å². The van der Waals surface area contributed by atoms with Crippen LogP contribution in [0, 0.1) is 20.8 Å². The van der Waals surface area contributed by atoms with E-state index in [-0.39, 0.29) is 17.3 Å². The van der Waals surface area contributed by atoms with E-state index < -0.39 is 18.2 Å². The molecule has 1 unspecified atom stereocenters. The van der Waals surface area contributed by atoms with Gasteiger partial charge in [-0.3, -0.25) is 9.78 Å². The fraction of sp³-hybridized carbons (Fsp3) is 0.346. The number of hydrogen-bond acceptors (Lipinski definition) is 7. The number of allylic oxidation sites excluding steroid dienone is 2. The molecule has 0 fully saturated rings. The Hall–Kier alpha value is -3.95. The maximum atomic E-state index is 13.0. The minimum atomic E-state index is -2.94. The van der Waals surface area contributed by atoms with Crippen LogP contribution in [0.15, 0.2) is 58.1 Å². The number of amides is 1. The number of benzene rings is 1. The molecule has 3 N–H and O–H groups in total. The van der Waals surface area contributed by atoms with Crippen LogP contribution in [0.2, 0.25) is 0 Å². The van der Waals surface area contributed by atoms with E-state index in [1.165, 1.54) is 18.6 Å². The fourth-order valence-corrected chi connectivity index (χ4v) is 4.15. The number of aryl methyl sites for hydroxylation is 1. The van der Waals surface area contributed by atoms with Gasteiger partial charge in [0, 0.05) is 23.7 Å². The second-order valence-electron chi connectivity index (χ2n) is 8.38. The average molecular weight is 497 g/mol. The number of rotatable bonds is 8. The number of aromatic nitrogens is 2. The molecule has 1 aromatic heterocycles. The predicted octanol–water partition coefficient (Wildman–Crippen LogP) is 4.66. The number of halogens is 2. The number of nitrogens with zero attached hydrogens (tertiary/aromatic N) is 4. The highest BCUT2D eigenvalue weighted by atomic mass is 19.3. The number of hydrogen-bond donors (Lipinski definition) is 2. The zero-order valence-corrected chi connectivity index (χ0v) is 21.2. The lowest BCUT2D eigenvalue weighted by Crippen LogP contribution is -2.27. The van der Waals surface area contributed by atoms with E-state index in [1.54, 1.807) is 45.9 Å². The molecule has 0 radical (unpaired) electrons. The van der Waals surface area contributed by atoms with Crippen molar-refractivity contribution in [3.05, 3.63) is 76.0 Å². The second kappa shape index (κ2) is 10.8. The Labute approximate surface area is 209 Å². The van der Waals surface area contributed by atoms with Gasteiger partial charge in [-0.25, -0.2) is 15.0 Å². The molecule has 190 valence electrons. The lowest BCUT2D eigenvalue weighted by molar-refractivity contribution is -0.0507. The standard InChI is InChI=1S/C26H30F2N6O2/c1-7-18(12-19(8-2)32-24(35)21-13-30-9-10-31-21)26(33-17(6)23(29)34-26)20-11-14(3)22(36-25(27)28)16(5)15(20)4/h8-13,25H,7H2,1-6H3,(H2,29,34)(H,32,35). The molecule has 1 aliphatic rings. The van der Waals surface area contributed by atoms with Gasteiger partial charge in [-0.15, -0.1) is 0 Å². The number of alkyl halides is 2. The monoisotopic (exact) mass is 496 g/mol. The SMILES string of the molecule is CC=C(C=C(CC)C1(c2cc(C)c(OC(F)F)c(C)c2C)N=C(C)C(N)=N1)NC(=O)c1cnccn1. The molecular formula is C26H30F2N6O2. The molecule has 1 atom stereocenters. The maximum Gasteiger partial charge on any atom is 0.387 e. The van der Waals surface area contributed by atoms with Crippen molar-refractivity contribution >= 4 is 17.5 Å². The number of ether oxygens (including phenoxy) is 1. The summed E-state index contributed by atoms with van der Waals surface area (Å²) in [7, 11) is 0. The van der Waals surface area contributed by atoms with Crippen LogP contribution in [0.4, 0.5) is 8.78 Å². The van der Waals surface area contributed by atoms with Gasteiger partial charge in [0.2, 0.25) is 5.66 Å². The van der Waals surface area contributed by atoms with Crippen LogP contribution in [0.3, 0.4) is 0 Å². The van der Waals surface area contributed by atoms with Gasteiger partial charge in [0.1, 0.15) is 17.3 Å². The fourth-order valence-electron chi connectivity index (χ4n) is 4.15. The third-order valence-electron chi connectivity index (χ3n) is 6.11. The maximum absolute atomic E-state index is 13.0. The van der Waals surface area contributed by atoms with Crippen LogP contribution < -0.4 is 15.8 Å². The Morgan fingerprint density at radius 3 is 2.44 bits per heavy atom. The van der Waals surface area contributed by atoms with Gasteiger partial charge < -0.3 is 15.8 Å². The Balaban J connectivity index is 2.16. The first-order chi connectivity index (χ1) is 17.0. The van der Waals surface area contributed by atoms with Gasteiger partial charge in [0.15, 0.2) is 0 Å². The van der Waals surface area contributed by atoms with Crippen LogP contribution >= 0.6 is 0 Å². The first-order valence-electron chi connectivity index (χ1n) is 11.5. The molecule has 1 amide bonds. The number of carbonyl (C=O) groups excluding carboxylic acids is 1. The third kappa shape index (κ3) is 5.17. The quantitative estimate of drug-likeness (QED) is 0.516. The molecule has 0 aliphatic carbocycles. The average Bonchev–Trinajstić information content (AvgIpc) is 3.16. The lowest BCUT2D eigenvalue weighted by Gasteiger charge is -2.30. The third-order valence-corrected chi connectivity index (χ3v) is 6.11. The summed E-state index contributed by atoms with van der Waals surface area (Å²) in [5.74, 6) is -0.00511. The number of nitrogens with two attached hydrogens (primary N) is 1. The van der Waals surface area contributed by atoms with Crippen LogP contribution in [0.5, 0.6) is 5.75 Å². The number of carbonyl (C=O) groups is 1. The number of nitrogens with one attached hydrogen (secondary N) is 1. The van der Waals surface area contributed by atoms with E-state index in [4.69, 9.17) is 20.5 Å². The summed E-state index contributed by atoms with van der Waals surface area (Å²) < 4.78 is 30.9. The van der Waals surface area contributed by atoms with Crippen molar-refractivity contribution in [2.45, 2.75) is 60.2 Å². The highest BCUT2D eigenvalue weighted by Gasteiger charge is 2.41. The normalized spacial score (nSPS) is 18.2. The minimum absolute atomic E-state index is 0.129. The summed E-state index contributed by atoms with van der Waals surface area (Å²) in [6.45, 7) is 7.81. The summed E-state index contributed by atoms with van der Waals surface area (Å²) in [6.07, 6.45) is 8.37. The molecule has 3 rings (SSSR count). The van der Waals surface area contributed by atoms with Gasteiger partial charge >= 0.3 is 6.61 Å².